The second-order valence-corrected chi connectivity index (χ2v) is 7.05. The maximum absolute atomic E-state index is 10.0. The molecule has 0 fully saturated rings. The zero-order chi connectivity index (χ0) is 19.9. The first kappa shape index (κ1) is 19.0. The maximum Gasteiger partial charge on any atom is 0.179 e. The molecule has 4 heteroatoms. The van der Waals surface area contributed by atoms with E-state index in [1.807, 2.05) is 45.9 Å². The molecular weight excluding hydrogens is 340 g/mol. The van der Waals surface area contributed by atoms with Crippen LogP contribution in [0.4, 0.5) is 0 Å². The van der Waals surface area contributed by atoms with Crippen LogP contribution in [0.25, 0.3) is 22.3 Å². The summed E-state index contributed by atoms with van der Waals surface area (Å²) < 4.78 is 0. The Bertz CT molecular complexity index is 1020. The van der Waals surface area contributed by atoms with E-state index in [0.29, 0.717) is 16.7 Å². The SMILES string of the molecule is Cc1cc(-c2cccc(C(O)O)c2-c2cc(C)c(O)cc2C)c(C)cc1O. The standard InChI is InChI=1S/C23H24O4/c1-12-10-20(24)14(3)8-18(12)16-6-5-7-17(23(26)27)22(16)19-9-15(4)21(25)11-13(19)2/h5-11,23-27H,1-4H3. The molecule has 4 nitrogen and oxygen atoms in total. The molecule has 0 heterocycles. The van der Waals surface area contributed by atoms with Crippen LogP contribution in [0.15, 0.2) is 42.5 Å². The summed E-state index contributed by atoms with van der Waals surface area (Å²) in [5.74, 6) is 0.435. The Morgan fingerprint density at radius 1 is 0.630 bits per heavy atom. The topological polar surface area (TPSA) is 80.9 Å². The summed E-state index contributed by atoms with van der Waals surface area (Å²) in [5.41, 5.74) is 6.86. The number of hydrogen-bond acceptors (Lipinski definition) is 4. The number of aryl methyl sites for hydroxylation is 4. The highest BCUT2D eigenvalue weighted by Gasteiger charge is 2.20. The van der Waals surface area contributed by atoms with E-state index in [2.05, 4.69) is 0 Å². The number of benzene rings is 3. The smallest absolute Gasteiger partial charge is 0.179 e. The summed E-state index contributed by atoms with van der Waals surface area (Å²) >= 11 is 0. The first-order chi connectivity index (χ1) is 12.7. The molecule has 3 aromatic rings. The fourth-order valence-corrected chi connectivity index (χ4v) is 3.47. The normalized spacial score (nSPS) is 11.2. The quantitative estimate of drug-likeness (QED) is 0.510. The van der Waals surface area contributed by atoms with Crippen LogP contribution >= 0.6 is 0 Å². The molecule has 0 atom stereocenters. The fraction of sp³-hybridized carbons (Fsp3) is 0.217. The Morgan fingerprint density at radius 2 is 1.15 bits per heavy atom. The fourth-order valence-electron chi connectivity index (χ4n) is 3.47. The van der Waals surface area contributed by atoms with Crippen LogP contribution in [0.3, 0.4) is 0 Å². The molecule has 140 valence electrons. The first-order valence-electron chi connectivity index (χ1n) is 8.81. The second-order valence-electron chi connectivity index (χ2n) is 7.05. The maximum atomic E-state index is 10.0. The average molecular weight is 364 g/mol. The Morgan fingerprint density at radius 3 is 1.70 bits per heavy atom. The molecule has 3 rings (SSSR count). The molecule has 27 heavy (non-hydrogen) atoms. The third-order valence-corrected chi connectivity index (χ3v) is 5.02. The van der Waals surface area contributed by atoms with Gasteiger partial charge in [0, 0.05) is 5.56 Å². The zero-order valence-corrected chi connectivity index (χ0v) is 15.9. The Balaban J connectivity index is 2.41. The number of hydrogen-bond donors (Lipinski definition) is 4. The highest BCUT2D eigenvalue weighted by molar-refractivity contribution is 5.89. The van der Waals surface area contributed by atoms with Gasteiger partial charge in [-0.25, -0.2) is 0 Å². The van der Waals surface area contributed by atoms with Gasteiger partial charge >= 0.3 is 0 Å². The third kappa shape index (κ3) is 3.42. The monoisotopic (exact) mass is 364 g/mol. The van der Waals surface area contributed by atoms with Crippen molar-refractivity contribution in [2.75, 3.05) is 0 Å². The van der Waals surface area contributed by atoms with Crippen molar-refractivity contribution < 1.29 is 20.4 Å². The van der Waals surface area contributed by atoms with Crippen LogP contribution in [0.5, 0.6) is 11.5 Å². The van der Waals surface area contributed by atoms with Crippen LogP contribution in [0, 0.1) is 27.7 Å². The molecule has 0 aliphatic carbocycles. The Kier molecular flexibility index (Phi) is 4.96. The molecule has 0 unspecified atom stereocenters. The van der Waals surface area contributed by atoms with Crippen molar-refractivity contribution in [1.82, 2.24) is 0 Å². The van der Waals surface area contributed by atoms with Crippen molar-refractivity contribution in [2.24, 2.45) is 0 Å². The predicted molar refractivity (Wildman–Crippen MR) is 107 cm³/mol. The van der Waals surface area contributed by atoms with E-state index in [-0.39, 0.29) is 11.5 Å². The van der Waals surface area contributed by atoms with Crippen LogP contribution in [0.1, 0.15) is 34.1 Å². The molecule has 0 radical (unpaired) electrons. The van der Waals surface area contributed by atoms with Gasteiger partial charge in [0.25, 0.3) is 0 Å². The van der Waals surface area contributed by atoms with E-state index in [4.69, 9.17) is 0 Å². The van der Waals surface area contributed by atoms with Crippen LogP contribution < -0.4 is 0 Å². The van der Waals surface area contributed by atoms with Crippen molar-refractivity contribution in [1.29, 1.82) is 0 Å². The molecule has 0 aromatic heterocycles. The van der Waals surface area contributed by atoms with Gasteiger partial charge < -0.3 is 20.4 Å². The predicted octanol–water partition coefficient (Wildman–Crippen LogP) is 4.65. The number of phenolic OH excluding ortho intramolecular Hbond substituents is 2. The lowest BCUT2D eigenvalue weighted by molar-refractivity contribution is -0.0420. The minimum atomic E-state index is -1.63. The summed E-state index contributed by atoms with van der Waals surface area (Å²) in [4.78, 5) is 0. The molecule has 0 aliphatic rings. The molecule has 4 N–H and O–H groups in total. The van der Waals surface area contributed by atoms with E-state index in [0.717, 1.165) is 33.4 Å². The van der Waals surface area contributed by atoms with Gasteiger partial charge in [-0.15, -0.1) is 0 Å². The number of rotatable bonds is 3. The van der Waals surface area contributed by atoms with E-state index in [9.17, 15) is 20.4 Å². The van der Waals surface area contributed by atoms with E-state index < -0.39 is 6.29 Å². The number of aromatic hydroxyl groups is 2. The van der Waals surface area contributed by atoms with Gasteiger partial charge in [-0.3, -0.25) is 0 Å². The molecule has 0 saturated heterocycles. The first-order valence-corrected chi connectivity index (χ1v) is 8.81. The highest BCUT2D eigenvalue weighted by Crippen LogP contribution is 2.42. The minimum absolute atomic E-state index is 0.205. The van der Waals surface area contributed by atoms with Gasteiger partial charge in [0.05, 0.1) is 0 Å². The van der Waals surface area contributed by atoms with Gasteiger partial charge in [-0.05, 0) is 96.5 Å². The zero-order valence-electron chi connectivity index (χ0n) is 15.9. The summed E-state index contributed by atoms with van der Waals surface area (Å²) in [6.07, 6.45) is -1.63. The minimum Gasteiger partial charge on any atom is -0.508 e. The highest BCUT2D eigenvalue weighted by atomic mass is 16.5. The van der Waals surface area contributed by atoms with Crippen molar-refractivity contribution in [3.8, 4) is 33.8 Å². The van der Waals surface area contributed by atoms with Gasteiger partial charge in [0.15, 0.2) is 6.29 Å². The van der Waals surface area contributed by atoms with Crippen molar-refractivity contribution in [3.05, 3.63) is 70.3 Å². The molecule has 0 amide bonds. The lowest BCUT2D eigenvalue weighted by Crippen LogP contribution is -2.02. The van der Waals surface area contributed by atoms with Crippen LogP contribution in [-0.4, -0.2) is 20.4 Å². The Hall–Kier alpha value is -2.82. The van der Waals surface area contributed by atoms with Crippen molar-refractivity contribution >= 4 is 0 Å². The molecule has 0 saturated carbocycles. The average Bonchev–Trinajstić information content (AvgIpc) is 2.60. The van der Waals surface area contributed by atoms with E-state index in [1.54, 1.807) is 24.3 Å². The third-order valence-electron chi connectivity index (χ3n) is 5.02. The molecule has 0 spiro atoms. The van der Waals surface area contributed by atoms with E-state index >= 15 is 0 Å². The van der Waals surface area contributed by atoms with Crippen molar-refractivity contribution in [3.63, 3.8) is 0 Å². The Labute approximate surface area is 159 Å². The molecule has 3 aromatic carbocycles. The van der Waals surface area contributed by atoms with Gasteiger partial charge in [0.2, 0.25) is 0 Å². The lowest BCUT2D eigenvalue weighted by Gasteiger charge is -2.20. The summed E-state index contributed by atoms with van der Waals surface area (Å²) in [7, 11) is 0. The van der Waals surface area contributed by atoms with E-state index in [1.165, 1.54) is 0 Å². The van der Waals surface area contributed by atoms with Crippen LogP contribution in [-0.2, 0) is 0 Å². The van der Waals surface area contributed by atoms with Gasteiger partial charge in [0.1, 0.15) is 11.5 Å². The summed E-state index contributed by atoms with van der Waals surface area (Å²) in [6.45, 7) is 7.44. The van der Waals surface area contributed by atoms with Gasteiger partial charge in [-0.1, -0.05) is 18.2 Å². The summed E-state index contributed by atoms with van der Waals surface area (Å²) in [6, 6.07) is 12.6. The van der Waals surface area contributed by atoms with Crippen molar-refractivity contribution in [2.45, 2.75) is 34.0 Å². The number of phenols is 2. The number of aliphatic hydroxyl groups excluding tert-OH is 1. The molecule has 0 bridgehead atoms. The van der Waals surface area contributed by atoms with Gasteiger partial charge in [-0.2, -0.15) is 0 Å². The molecular formula is C23H24O4. The largest absolute Gasteiger partial charge is 0.508 e. The van der Waals surface area contributed by atoms with Crippen LogP contribution in [0.2, 0.25) is 0 Å². The number of aliphatic hydroxyl groups is 2. The summed E-state index contributed by atoms with van der Waals surface area (Å²) in [5, 5.41) is 40.0. The molecule has 0 aliphatic heterocycles. The second kappa shape index (κ2) is 7.06. The lowest BCUT2D eigenvalue weighted by atomic mass is 9.85.